The van der Waals surface area contributed by atoms with Gasteiger partial charge >= 0.3 is 0 Å². The zero-order chi connectivity index (χ0) is 22.9. The summed E-state index contributed by atoms with van der Waals surface area (Å²) in [7, 11) is 0. The molecule has 0 saturated heterocycles. The highest BCUT2D eigenvalue weighted by Gasteiger charge is 2.22. The van der Waals surface area contributed by atoms with E-state index < -0.39 is 11.8 Å². The number of hydrogen-bond acceptors (Lipinski definition) is 6. The molecule has 4 N–H and O–H groups in total. The molecule has 2 amide bonds. The minimum Gasteiger partial charge on any atom is -0.491 e. The topological polar surface area (TPSA) is 122 Å². The maximum absolute atomic E-state index is 13.6. The first-order valence-corrected chi connectivity index (χ1v) is 9.95. The van der Waals surface area contributed by atoms with Gasteiger partial charge in [-0.1, -0.05) is 18.2 Å². The van der Waals surface area contributed by atoms with Gasteiger partial charge in [0.15, 0.2) is 0 Å². The minimum atomic E-state index is -0.634. The summed E-state index contributed by atoms with van der Waals surface area (Å²) in [6, 6.07) is 19.9. The second-order valence-electron chi connectivity index (χ2n) is 6.72. The molecule has 0 heterocycles. The molecule has 0 fully saturated rings. The van der Waals surface area contributed by atoms with Crippen molar-refractivity contribution in [1.82, 2.24) is 0 Å². The lowest BCUT2D eigenvalue weighted by Gasteiger charge is -2.24. The Morgan fingerprint density at radius 3 is 1.75 bits per heavy atom. The van der Waals surface area contributed by atoms with Gasteiger partial charge in [-0.25, -0.2) is 0 Å². The molecule has 0 aromatic heterocycles. The molecular weight excluding hydrogens is 412 g/mol. The van der Waals surface area contributed by atoms with E-state index in [2.05, 4.69) is 0 Å². The Kier molecular flexibility index (Phi) is 7.80. The number of anilines is 2. The number of nitrogens with zero attached hydrogens (tertiary/aromatic N) is 1. The summed E-state index contributed by atoms with van der Waals surface area (Å²) in [6.45, 7) is -0.0564. The number of aliphatic hydroxyl groups excluding tert-OH is 2. The van der Waals surface area contributed by atoms with E-state index in [-0.39, 0.29) is 37.6 Å². The first-order chi connectivity index (χ1) is 15.5. The van der Waals surface area contributed by atoms with E-state index in [0.717, 1.165) is 0 Å². The second kappa shape index (κ2) is 10.9. The fourth-order valence-corrected chi connectivity index (χ4v) is 3.07. The van der Waals surface area contributed by atoms with E-state index in [9.17, 15) is 9.59 Å². The highest BCUT2D eigenvalue weighted by Crippen LogP contribution is 2.32. The van der Waals surface area contributed by atoms with Gasteiger partial charge in [-0.05, 0) is 42.5 Å². The van der Waals surface area contributed by atoms with Crippen molar-refractivity contribution in [2.75, 3.05) is 31.3 Å². The molecule has 0 bridgehead atoms. The molecule has 8 nitrogen and oxygen atoms in total. The molecule has 166 valence electrons. The first kappa shape index (κ1) is 22.8. The first-order valence-electron chi connectivity index (χ1n) is 9.95. The molecule has 3 aromatic carbocycles. The second-order valence-corrected chi connectivity index (χ2v) is 6.72. The van der Waals surface area contributed by atoms with Crippen molar-refractivity contribution in [2.45, 2.75) is 0 Å². The lowest BCUT2D eigenvalue weighted by atomic mass is 10.1. The number of primary amides is 1. The number of benzene rings is 3. The van der Waals surface area contributed by atoms with Crippen molar-refractivity contribution < 1.29 is 29.3 Å². The van der Waals surface area contributed by atoms with Crippen molar-refractivity contribution in [3.63, 3.8) is 0 Å². The van der Waals surface area contributed by atoms with Gasteiger partial charge in [-0.2, -0.15) is 0 Å². The van der Waals surface area contributed by atoms with Crippen molar-refractivity contribution >= 4 is 23.2 Å². The number of aliphatic hydroxyl groups is 2. The Hall–Kier alpha value is -3.88. The Bertz CT molecular complexity index is 1030. The maximum atomic E-state index is 13.6. The van der Waals surface area contributed by atoms with Crippen LogP contribution < -0.4 is 20.1 Å². The van der Waals surface area contributed by atoms with Crippen LogP contribution in [0.3, 0.4) is 0 Å². The molecule has 0 unspecified atom stereocenters. The van der Waals surface area contributed by atoms with Gasteiger partial charge in [0.25, 0.3) is 5.91 Å². The van der Waals surface area contributed by atoms with E-state index in [4.69, 9.17) is 25.4 Å². The van der Waals surface area contributed by atoms with Gasteiger partial charge < -0.3 is 25.4 Å². The number of carbonyl (C=O) groups excluding carboxylic acids is 2. The van der Waals surface area contributed by atoms with Crippen LogP contribution in [0.2, 0.25) is 0 Å². The zero-order valence-corrected chi connectivity index (χ0v) is 17.3. The van der Waals surface area contributed by atoms with Gasteiger partial charge in [0.1, 0.15) is 24.7 Å². The number of carbonyl (C=O) groups is 2. The molecular formula is C24H24N2O6. The molecule has 0 radical (unpaired) electrons. The summed E-state index contributed by atoms with van der Waals surface area (Å²) in [5.74, 6) is -0.0717. The molecule has 3 rings (SSSR count). The van der Waals surface area contributed by atoms with Crippen LogP contribution in [0.15, 0.2) is 72.8 Å². The van der Waals surface area contributed by atoms with Gasteiger partial charge in [-0.15, -0.1) is 0 Å². The molecule has 0 spiro atoms. The summed E-state index contributed by atoms with van der Waals surface area (Å²) in [6.07, 6.45) is 0. The molecule has 0 atom stereocenters. The van der Waals surface area contributed by atoms with E-state index in [1.807, 2.05) is 0 Å². The quantitative estimate of drug-likeness (QED) is 0.449. The standard InChI is InChI=1S/C24H24N2O6/c25-23(29)17-4-1-5-18(14-17)24(30)26(19-6-2-8-21(15-19)31-12-10-27)20-7-3-9-22(16-20)32-13-11-28/h1-9,14-16,27-28H,10-13H2,(H2,25,29). The lowest BCUT2D eigenvalue weighted by Crippen LogP contribution is -2.26. The number of ether oxygens (including phenoxy) is 2. The molecule has 0 saturated carbocycles. The van der Waals surface area contributed by atoms with Crippen molar-refractivity contribution in [1.29, 1.82) is 0 Å². The molecule has 3 aromatic rings. The van der Waals surface area contributed by atoms with Crippen LogP contribution in [0, 0.1) is 0 Å². The lowest BCUT2D eigenvalue weighted by molar-refractivity contribution is 0.0998. The Morgan fingerprint density at radius 1 is 0.750 bits per heavy atom. The third kappa shape index (κ3) is 5.63. The average Bonchev–Trinajstić information content (AvgIpc) is 2.82. The van der Waals surface area contributed by atoms with E-state index in [1.54, 1.807) is 60.7 Å². The van der Waals surface area contributed by atoms with E-state index >= 15 is 0 Å². The smallest absolute Gasteiger partial charge is 0.262 e. The summed E-state index contributed by atoms with van der Waals surface area (Å²) in [5.41, 5.74) is 6.88. The molecule has 32 heavy (non-hydrogen) atoms. The van der Waals surface area contributed by atoms with Crippen LogP contribution in [-0.4, -0.2) is 48.5 Å². The van der Waals surface area contributed by atoms with E-state index in [1.165, 1.54) is 17.0 Å². The van der Waals surface area contributed by atoms with Crippen LogP contribution in [0.5, 0.6) is 11.5 Å². The Labute approximate surface area is 185 Å². The van der Waals surface area contributed by atoms with E-state index in [0.29, 0.717) is 22.9 Å². The largest absolute Gasteiger partial charge is 0.491 e. The van der Waals surface area contributed by atoms with Crippen LogP contribution in [0.25, 0.3) is 0 Å². The fraction of sp³-hybridized carbons (Fsp3) is 0.167. The molecule has 0 aliphatic carbocycles. The van der Waals surface area contributed by atoms with Gasteiger partial charge in [0.2, 0.25) is 5.91 Å². The average molecular weight is 436 g/mol. The van der Waals surface area contributed by atoms with Crippen molar-refractivity contribution in [2.24, 2.45) is 5.73 Å². The normalized spacial score (nSPS) is 10.4. The molecule has 0 aliphatic heterocycles. The van der Waals surface area contributed by atoms with Crippen molar-refractivity contribution in [3.05, 3.63) is 83.9 Å². The van der Waals surface area contributed by atoms with Gasteiger partial charge in [0, 0.05) is 23.3 Å². The van der Waals surface area contributed by atoms with Gasteiger partial charge in [-0.3, -0.25) is 14.5 Å². The monoisotopic (exact) mass is 436 g/mol. The Morgan fingerprint density at radius 2 is 1.25 bits per heavy atom. The third-order valence-electron chi connectivity index (χ3n) is 4.47. The highest BCUT2D eigenvalue weighted by atomic mass is 16.5. The van der Waals surface area contributed by atoms with Crippen LogP contribution in [-0.2, 0) is 0 Å². The zero-order valence-electron chi connectivity index (χ0n) is 17.3. The van der Waals surface area contributed by atoms with Crippen LogP contribution in [0.1, 0.15) is 20.7 Å². The van der Waals surface area contributed by atoms with Crippen LogP contribution >= 0.6 is 0 Å². The van der Waals surface area contributed by atoms with Crippen molar-refractivity contribution in [3.8, 4) is 11.5 Å². The SMILES string of the molecule is NC(=O)c1cccc(C(=O)N(c2cccc(OCCO)c2)c2cccc(OCCO)c2)c1. The summed E-state index contributed by atoms with van der Waals surface area (Å²) in [5, 5.41) is 18.1. The maximum Gasteiger partial charge on any atom is 0.262 e. The summed E-state index contributed by atoms with van der Waals surface area (Å²) < 4.78 is 11.0. The van der Waals surface area contributed by atoms with Crippen LogP contribution in [0.4, 0.5) is 11.4 Å². The summed E-state index contributed by atoms with van der Waals surface area (Å²) >= 11 is 0. The predicted octanol–water partition coefficient (Wildman–Crippen LogP) is 2.51. The minimum absolute atomic E-state index is 0.114. The predicted molar refractivity (Wildman–Crippen MR) is 119 cm³/mol. The third-order valence-corrected chi connectivity index (χ3v) is 4.47. The number of rotatable bonds is 10. The Balaban J connectivity index is 2.07. The molecule has 0 aliphatic rings. The fourth-order valence-electron chi connectivity index (χ4n) is 3.07. The number of nitrogens with two attached hydrogens (primary N) is 1. The van der Waals surface area contributed by atoms with Gasteiger partial charge in [0.05, 0.1) is 24.6 Å². The summed E-state index contributed by atoms with van der Waals surface area (Å²) in [4.78, 5) is 26.6. The highest BCUT2D eigenvalue weighted by molar-refractivity contribution is 6.12. The number of hydrogen-bond donors (Lipinski definition) is 3. The number of amides is 2. The molecule has 8 heteroatoms.